The Morgan fingerprint density at radius 1 is 1.58 bits per heavy atom. The van der Waals surface area contributed by atoms with Gasteiger partial charge in [-0.2, -0.15) is 0 Å². The van der Waals surface area contributed by atoms with E-state index in [2.05, 4.69) is 31.0 Å². The number of halogens is 1. The quantitative estimate of drug-likeness (QED) is 0.728. The zero-order valence-corrected chi connectivity index (χ0v) is 8.47. The molecule has 0 fully saturated rings. The Kier molecular flexibility index (Phi) is 2.73. The molecule has 0 atom stereocenters. The highest BCUT2D eigenvalue weighted by Gasteiger charge is 2.17. The van der Waals surface area contributed by atoms with Gasteiger partial charge in [-0.25, -0.2) is 0 Å². The highest BCUT2D eigenvalue weighted by molar-refractivity contribution is 6.28. The largest absolute Gasteiger partial charge is 0.304 e. The van der Waals surface area contributed by atoms with E-state index >= 15 is 0 Å². The van der Waals surface area contributed by atoms with Crippen LogP contribution in [-0.4, -0.2) is 14.8 Å². The predicted molar refractivity (Wildman–Crippen MR) is 49.1 cm³/mol. The predicted octanol–water partition coefficient (Wildman–Crippen LogP) is 2.37. The van der Waals surface area contributed by atoms with Gasteiger partial charge in [0, 0.05) is 6.54 Å². The molecule has 12 heavy (non-hydrogen) atoms. The van der Waals surface area contributed by atoms with Gasteiger partial charge in [0.2, 0.25) is 5.28 Å². The maximum Gasteiger partial charge on any atom is 0.224 e. The number of rotatable bonds is 3. The van der Waals surface area contributed by atoms with E-state index in [1.54, 1.807) is 6.33 Å². The second-order valence-corrected chi connectivity index (χ2v) is 4.08. The van der Waals surface area contributed by atoms with Gasteiger partial charge in [-0.1, -0.05) is 20.8 Å². The Hall–Kier alpha value is -0.570. The van der Waals surface area contributed by atoms with Gasteiger partial charge in [-0.15, -0.1) is 10.2 Å². The van der Waals surface area contributed by atoms with Gasteiger partial charge in [0.15, 0.2) is 0 Å². The number of aromatic nitrogens is 3. The monoisotopic (exact) mass is 187 g/mol. The first-order valence-corrected chi connectivity index (χ1v) is 4.46. The Morgan fingerprint density at radius 3 is 2.67 bits per heavy atom. The molecule has 1 heterocycles. The highest BCUT2D eigenvalue weighted by Crippen LogP contribution is 2.23. The lowest BCUT2D eigenvalue weighted by Gasteiger charge is -2.22. The molecule has 0 aliphatic heterocycles. The molecular weight excluding hydrogens is 174 g/mol. The van der Waals surface area contributed by atoms with Gasteiger partial charge in [-0.3, -0.25) is 0 Å². The standard InChI is InChI=1S/C8H14ClN3/c1-4-8(2,3)5-12-6-10-11-7(12)9/h6H,4-5H2,1-3H3. The van der Waals surface area contributed by atoms with Crippen molar-refractivity contribution in [1.82, 2.24) is 14.8 Å². The second kappa shape index (κ2) is 3.44. The first kappa shape index (κ1) is 9.52. The maximum atomic E-state index is 5.79. The summed E-state index contributed by atoms with van der Waals surface area (Å²) in [6.45, 7) is 7.43. The minimum absolute atomic E-state index is 0.256. The molecule has 4 heteroatoms. The summed E-state index contributed by atoms with van der Waals surface area (Å²) in [4.78, 5) is 0. The van der Waals surface area contributed by atoms with Crippen LogP contribution in [0.2, 0.25) is 5.28 Å². The van der Waals surface area contributed by atoms with Gasteiger partial charge in [0.05, 0.1) is 0 Å². The van der Waals surface area contributed by atoms with Crippen LogP contribution in [0.4, 0.5) is 0 Å². The average Bonchev–Trinajstić information content (AvgIpc) is 2.36. The van der Waals surface area contributed by atoms with E-state index in [0.717, 1.165) is 13.0 Å². The molecule has 68 valence electrons. The second-order valence-electron chi connectivity index (χ2n) is 3.75. The van der Waals surface area contributed by atoms with Crippen LogP contribution in [0.3, 0.4) is 0 Å². The van der Waals surface area contributed by atoms with Crippen molar-refractivity contribution in [3.05, 3.63) is 11.6 Å². The molecule has 0 amide bonds. The van der Waals surface area contributed by atoms with E-state index < -0.39 is 0 Å². The number of nitrogens with zero attached hydrogens (tertiary/aromatic N) is 3. The van der Waals surface area contributed by atoms with Gasteiger partial charge in [0.1, 0.15) is 6.33 Å². The summed E-state index contributed by atoms with van der Waals surface area (Å²) in [5.41, 5.74) is 0.256. The van der Waals surface area contributed by atoms with Crippen LogP contribution in [0.5, 0.6) is 0 Å². The van der Waals surface area contributed by atoms with Crippen molar-refractivity contribution in [2.75, 3.05) is 0 Å². The molecular formula is C8H14ClN3. The van der Waals surface area contributed by atoms with E-state index in [1.807, 2.05) is 4.57 Å². The lowest BCUT2D eigenvalue weighted by molar-refractivity contribution is 0.294. The summed E-state index contributed by atoms with van der Waals surface area (Å²) in [7, 11) is 0. The van der Waals surface area contributed by atoms with Gasteiger partial charge in [-0.05, 0) is 23.4 Å². The van der Waals surface area contributed by atoms with Crippen LogP contribution < -0.4 is 0 Å². The summed E-state index contributed by atoms with van der Waals surface area (Å²) in [6, 6.07) is 0. The van der Waals surface area contributed by atoms with Crippen molar-refractivity contribution in [2.45, 2.75) is 33.7 Å². The zero-order chi connectivity index (χ0) is 9.19. The molecule has 0 unspecified atom stereocenters. The number of hydrogen-bond acceptors (Lipinski definition) is 2. The average molecular weight is 188 g/mol. The minimum Gasteiger partial charge on any atom is -0.304 e. The van der Waals surface area contributed by atoms with Crippen molar-refractivity contribution in [1.29, 1.82) is 0 Å². The zero-order valence-electron chi connectivity index (χ0n) is 7.71. The lowest BCUT2D eigenvalue weighted by Crippen LogP contribution is -2.18. The number of hydrogen-bond donors (Lipinski definition) is 0. The first-order valence-electron chi connectivity index (χ1n) is 4.08. The molecule has 0 saturated carbocycles. The molecule has 0 saturated heterocycles. The van der Waals surface area contributed by atoms with Crippen LogP contribution in [0.25, 0.3) is 0 Å². The van der Waals surface area contributed by atoms with Crippen molar-refractivity contribution >= 4 is 11.6 Å². The van der Waals surface area contributed by atoms with Crippen LogP contribution in [-0.2, 0) is 6.54 Å². The Bertz CT molecular complexity index is 255. The fourth-order valence-corrected chi connectivity index (χ4v) is 1.07. The Morgan fingerprint density at radius 2 is 2.25 bits per heavy atom. The van der Waals surface area contributed by atoms with Crippen molar-refractivity contribution in [3.8, 4) is 0 Å². The SMILES string of the molecule is CCC(C)(C)Cn1cnnc1Cl. The van der Waals surface area contributed by atoms with Crippen molar-refractivity contribution in [2.24, 2.45) is 5.41 Å². The van der Waals surface area contributed by atoms with Crippen LogP contribution in [0.1, 0.15) is 27.2 Å². The van der Waals surface area contributed by atoms with Gasteiger partial charge in [0.25, 0.3) is 0 Å². The maximum absolute atomic E-state index is 5.79. The van der Waals surface area contributed by atoms with Gasteiger partial charge < -0.3 is 4.57 Å². The summed E-state index contributed by atoms with van der Waals surface area (Å²) < 4.78 is 1.87. The van der Waals surface area contributed by atoms with E-state index in [4.69, 9.17) is 11.6 Å². The normalized spacial score (nSPS) is 12.0. The smallest absolute Gasteiger partial charge is 0.224 e. The van der Waals surface area contributed by atoms with E-state index in [9.17, 15) is 0 Å². The molecule has 0 N–H and O–H groups in total. The molecule has 0 spiro atoms. The molecule has 0 aliphatic carbocycles. The minimum atomic E-state index is 0.256. The van der Waals surface area contributed by atoms with Crippen LogP contribution >= 0.6 is 11.6 Å². The summed E-state index contributed by atoms with van der Waals surface area (Å²) in [5, 5.41) is 7.90. The van der Waals surface area contributed by atoms with E-state index in [1.165, 1.54) is 0 Å². The van der Waals surface area contributed by atoms with Gasteiger partial charge >= 0.3 is 0 Å². The molecule has 1 rings (SSSR count). The first-order chi connectivity index (χ1) is 5.55. The molecule has 0 radical (unpaired) electrons. The summed E-state index contributed by atoms with van der Waals surface area (Å²) in [5.74, 6) is 0. The Balaban J connectivity index is 2.70. The molecule has 1 aromatic heterocycles. The fraction of sp³-hybridized carbons (Fsp3) is 0.750. The third kappa shape index (κ3) is 2.21. The molecule has 0 aromatic carbocycles. The molecule has 3 nitrogen and oxygen atoms in total. The molecule has 1 aromatic rings. The van der Waals surface area contributed by atoms with Crippen LogP contribution in [0, 0.1) is 5.41 Å². The third-order valence-electron chi connectivity index (χ3n) is 2.12. The topological polar surface area (TPSA) is 30.7 Å². The summed E-state index contributed by atoms with van der Waals surface area (Å²) >= 11 is 5.79. The highest BCUT2D eigenvalue weighted by atomic mass is 35.5. The van der Waals surface area contributed by atoms with Crippen molar-refractivity contribution in [3.63, 3.8) is 0 Å². The Labute approximate surface area is 77.8 Å². The van der Waals surface area contributed by atoms with Crippen molar-refractivity contribution < 1.29 is 0 Å². The third-order valence-corrected chi connectivity index (χ3v) is 2.42. The van der Waals surface area contributed by atoms with E-state index in [0.29, 0.717) is 5.28 Å². The van der Waals surface area contributed by atoms with E-state index in [-0.39, 0.29) is 5.41 Å². The molecule has 0 aliphatic rings. The molecule has 0 bridgehead atoms. The fourth-order valence-electron chi connectivity index (χ4n) is 0.920. The summed E-state index contributed by atoms with van der Waals surface area (Å²) in [6.07, 6.45) is 2.78. The van der Waals surface area contributed by atoms with Crippen LogP contribution in [0.15, 0.2) is 6.33 Å². The lowest BCUT2D eigenvalue weighted by atomic mass is 9.90.